The van der Waals surface area contributed by atoms with E-state index in [0.29, 0.717) is 11.5 Å². The molecule has 0 saturated heterocycles. The van der Waals surface area contributed by atoms with Gasteiger partial charge < -0.3 is 20.1 Å². The molecule has 0 spiro atoms. The topological polar surface area (TPSA) is 76.7 Å². The highest BCUT2D eigenvalue weighted by atomic mass is 19.1. The Kier molecular flexibility index (Phi) is 6.33. The second-order valence-electron chi connectivity index (χ2n) is 5.12. The zero-order chi connectivity index (χ0) is 18.2. The monoisotopic (exact) mass is 346 g/mol. The third kappa shape index (κ3) is 4.94. The minimum Gasteiger partial charge on any atom is -0.497 e. The first-order valence-corrected chi connectivity index (χ1v) is 7.55. The lowest BCUT2D eigenvalue weighted by Crippen LogP contribution is -2.36. The summed E-state index contributed by atoms with van der Waals surface area (Å²) in [5.41, 5.74) is 0.625. The predicted octanol–water partition coefficient (Wildman–Crippen LogP) is 1.89. The number of rotatable bonds is 7. The van der Waals surface area contributed by atoms with Crippen LogP contribution in [0.15, 0.2) is 42.5 Å². The molecule has 0 fully saturated rings. The summed E-state index contributed by atoms with van der Waals surface area (Å²) in [5, 5.41) is 5.04. The Labute approximate surface area is 144 Å². The van der Waals surface area contributed by atoms with Gasteiger partial charge in [0.1, 0.15) is 17.3 Å². The molecule has 0 radical (unpaired) electrons. The van der Waals surface area contributed by atoms with Gasteiger partial charge in [-0.15, -0.1) is 0 Å². The minimum atomic E-state index is -0.646. The highest BCUT2D eigenvalue weighted by Gasteiger charge is 2.12. The van der Waals surface area contributed by atoms with Gasteiger partial charge in [-0.05, 0) is 30.3 Å². The number of carbonyl (C=O) groups excluding carboxylic acids is 2. The van der Waals surface area contributed by atoms with Crippen molar-refractivity contribution in [3.63, 3.8) is 0 Å². The van der Waals surface area contributed by atoms with Gasteiger partial charge >= 0.3 is 0 Å². The third-order valence-corrected chi connectivity index (χ3v) is 3.49. The van der Waals surface area contributed by atoms with E-state index in [-0.39, 0.29) is 18.7 Å². The summed E-state index contributed by atoms with van der Waals surface area (Å²) in [6, 6.07) is 10.8. The Morgan fingerprint density at radius 3 is 2.48 bits per heavy atom. The van der Waals surface area contributed by atoms with E-state index < -0.39 is 17.6 Å². The highest BCUT2D eigenvalue weighted by molar-refractivity contribution is 5.96. The molecule has 2 amide bonds. The number of halogens is 1. The smallest absolute Gasteiger partial charge is 0.254 e. The van der Waals surface area contributed by atoms with Crippen LogP contribution >= 0.6 is 0 Å². The van der Waals surface area contributed by atoms with Gasteiger partial charge in [-0.25, -0.2) is 4.39 Å². The molecule has 2 rings (SSSR count). The Morgan fingerprint density at radius 1 is 1.04 bits per heavy atom. The molecule has 2 aromatic rings. The average Bonchev–Trinajstić information content (AvgIpc) is 2.64. The first-order chi connectivity index (χ1) is 12.0. The van der Waals surface area contributed by atoms with Crippen molar-refractivity contribution in [2.75, 3.05) is 20.8 Å². The lowest BCUT2D eigenvalue weighted by Gasteiger charge is -2.12. The molecular formula is C18H19FN2O4. The van der Waals surface area contributed by atoms with Crippen molar-refractivity contribution >= 4 is 11.8 Å². The molecule has 0 atom stereocenters. The van der Waals surface area contributed by atoms with E-state index in [1.165, 1.54) is 25.3 Å². The van der Waals surface area contributed by atoms with Crippen LogP contribution in [0.3, 0.4) is 0 Å². The SMILES string of the molecule is COc1ccc(OC)c(CNC(=O)CNC(=O)c2ccccc2F)c1. The molecule has 2 aromatic carbocycles. The van der Waals surface area contributed by atoms with Crippen molar-refractivity contribution in [1.82, 2.24) is 10.6 Å². The van der Waals surface area contributed by atoms with Crippen LogP contribution in [0.2, 0.25) is 0 Å². The number of nitrogens with one attached hydrogen (secondary N) is 2. The number of hydrogen-bond donors (Lipinski definition) is 2. The molecule has 0 aromatic heterocycles. The average molecular weight is 346 g/mol. The van der Waals surface area contributed by atoms with E-state index in [0.717, 1.165) is 5.56 Å². The van der Waals surface area contributed by atoms with Crippen LogP contribution in [0.1, 0.15) is 15.9 Å². The molecule has 0 bridgehead atoms. The van der Waals surface area contributed by atoms with Crippen LogP contribution in [-0.4, -0.2) is 32.6 Å². The normalized spacial score (nSPS) is 10.0. The number of carbonyl (C=O) groups is 2. The second-order valence-corrected chi connectivity index (χ2v) is 5.12. The van der Waals surface area contributed by atoms with Crippen LogP contribution in [0.5, 0.6) is 11.5 Å². The van der Waals surface area contributed by atoms with Crippen LogP contribution in [0.4, 0.5) is 4.39 Å². The lowest BCUT2D eigenvalue weighted by atomic mass is 10.2. The molecule has 2 N–H and O–H groups in total. The summed E-state index contributed by atoms with van der Waals surface area (Å²) in [6.07, 6.45) is 0. The maximum Gasteiger partial charge on any atom is 0.254 e. The molecule has 25 heavy (non-hydrogen) atoms. The van der Waals surface area contributed by atoms with E-state index >= 15 is 0 Å². The predicted molar refractivity (Wildman–Crippen MR) is 90.1 cm³/mol. The third-order valence-electron chi connectivity index (χ3n) is 3.49. The number of hydrogen-bond acceptors (Lipinski definition) is 4. The van der Waals surface area contributed by atoms with Crippen LogP contribution in [0.25, 0.3) is 0 Å². The van der Waals surface area contributed by atoms with Gasteiger partial charge in [0, 0.05) is 12.1 Å². The van der Waals surface area contributed by atoms with Crippen molar-refractivity contribution < 1.29 is 23.5 Å². The van der Waals surface area contributed by atoms with E-state index in [2.05, 4.69) is 10.6 Å². The fourth-order valence-corrected chi connectivity index (χ4v) is 2.18. The number of methoxy groups -OCH3 is 2. The maximum atomic E-state index is 13.5. The van der Waals surface area contributed by atoms with Crippen molar-refractivity contribution in [3.8, 4) is 11.5 Å². The zero-order valence-corrected chi connectivity index (χ0v) is 14.0. The fraction of sp³-hybridized carbons (Fsp3) is 0.222. The lowest BCUT2D eigenvalue weighted by molar-refractivity contribution is -0.120. The summed E-state index contributed by atoms with van der Waals surface area (Å²) >= 11 is 0. The van der Waals surface area contributed by atoms with Gasteiger partial charge in [-0.3, -0.25) is 9.59 Å². The summed E-state index contributed by atoms with van der Waals surface area (Å²) in [6.45, 7) is -0.0613. The van der Waals surface area contributed by atoms with E-state index in [9.17, 15) is 14.0 Å². The first-order valence-electron chi connectivity index (χ1n) is 7.55. The molecule has 0 aliphatic heterocycles. The summed E-state index contributed by atoms with van der Waals surface area (Å²) in [7, 11) is 3.07. The fourth-order valence-electron chi connectivity index (χ4n) is 2.18. The van der Waals surface area contributed by atoms with Crippen LogP contribution in [-0.2, 0) is 11.3 Å². The van der Waals surface area contributed by atoms with Gasteiger partial charge in [0.15, 0.2) is 0 Å². The molecular weight excluding hydrogens is 327 g/mol. The van der Waals surface area contributed by atoms with Crippen LogP contribution < -0.4 is 20.1 Å². The Morgan fingerprint density at radius 2 is 1.80 bits per heavy atom. The molecule has 0 heterocycles. The molecule has 0 unspecified atom stereocenters. The quantitative estimate of drug-likeness (QED) is 0.803. The van der Waals surface area contributed by atoms with E-state index in [1.807, 2.05) is 0 Å². The molecule has 0 saturated carbocycles. The second kappa shape index (κ2) is 8.68. The van der Waals surface area contributed by atoms with Gasteiger partial charge in [-0.1, -0.05) is 12.1 Å². The Balaban J connectivity index is 1.89. The first kappa shape index (κ1) is 18.3. The molecule has 132 valence electrons. The minimum absolute atomic E-state index is 0.107. The van der Waals surface area contributed by atoms with Crippen molar-refractivity contribution in [2.45, 2.75) is 6.54 Å². The Hall–Kier alpha value is -3.09. The maximum absolute atomic E-state index is 13.5. The highest BCUT2D eigenvalue weighted by Crippen LogP contribution is 2.23. The number of amides is 2. The zero-order valence-electron chi connectivity index (χ0n) is 14.0. The molecule has 0 aliphatic carbocycles. The number of ether oxygens (including phenoxy) is 2. The van der Waals surface area contributed by atoms with Crippen molar-refractivity contribution in [1.29, 1.82) is 0 Å². The molecule has 6 nitrogen and oxygen atoms in total. The summed E-state index contributed by atoms with van der Waals surface area (Å²) in [4.78, 5) is 23.8. The largest absolute Gasteiger partial charge is 0.497 e. The van der Waals surface area contributed by atoms with Crippen LogP contribution in [0, 0.1) is 5.82 Å². The Bertz CT molecular complexity index is 764. The van der Waals surface area contributed by atoms with E-state index in [1.54, 1.807) is 31.4 Å². The van der Waals surface area contributed by atoms with Crippen molar-refractivity contribution in [3.05, 3.63) is 59.4 Å². The van der Waals surface area contributed by atoms with Gasteiger partial charge in [0.2, 0.25) is 5.91 Å². The number of benzene rings is 2. The standard InChI is InChI=1S/C18H19FN2O4/c1-24-13-7-8-16(25-2)12(9-13)10-20-17(22)11-21-18(23)14-5-3-4-6-15(14)19/h3-9H,10-11H2,1-2H3,(H,20,22)(H,21,23). The molecule has 0 aliphatic rings. The molecule has 7 heteroatoms. The van der Waals surface area contributed by atoms with Gasteiger partial charge in [0.05, 0.1) is 26.3 Å². The van der Waals surface area contributed by atoms with Crippen molar-refractivity contribution in [2.24, 2.45) is 0 Å². The van der Waals surface area contributed by atoms with Gasteiger partial charge in [-0.2, -0.15) is 0 Å². The van der Waals surface area contributed by atoms with E-state index in [4.69, 9.17) is 9.47 Å². The summed E-state index contributed by atoms with van der Waals surface area (Å²) in [5.74, 6) is -0.447. The summed E-state index contributed by atoms with van der Waals surface area (Å²) < 4.78 is 23.9. The van der Waals surface area contributed by atoms with Gasteiger partial charge in [0.25, 0.3) is 5.91 Å².